The smallest absolute Gasteiger partial charge is 0.163 e. The van der Waals surface area contributed by atoms with Crippen molar-refractivity contribution in [2.75, 3.05) is 46.2 Å². The molecule has 0 aliphatic rings. The lowest BCUT2D eigenvalue weighted by Crippen LogP contribution is -2.24. The molecule has 0 aromatic heterocycles. The third kappa shape index (κ3) is 5.71. The molecule has 0 saturated heterocycles. The summed E-state index contributed by atoms with van der Waals surface area (Å²) in [6, 6.07) is 3.91. The first kappa shape index (κ1) is 19.2. The third-order valence-electron chi connectivity index (χ3n) is 3.77. The second kappa shape index (κ2) is 9.36. The van der Waals surface area contributed by atoms with E-state index < -0.39 is 0 Å². The Morgan fingerprint density at radius 1 is 1.22 bits per heavy atom. The molecule has 0 heterocycles. The lowest BCUT2D eigenvalue weighted by atomic mass is 10.0. The first-order valence-corrected chi connectivity index (χ1v) is 8.16. The first-order valence-electron chi connectivity index (χ1n) is 8.16. The zero-order valence-corrected chi connectivity index (χ0v) is 15.3. The van der Waals surface area contributed by atoms with E-state index in [0.717, 1.165) is 37.2 Å². The molecule has 0 aliphatic carbocycles. The van der Waals surface area contributed by atoms with E-state index in [-0.39, 0.29) is 5.78 Å². The number of carbonyl (C=O) groups is 1. The minimum Gasteiger partial charge on any atom is -0.496 e. The summed E-state index contributed by atoms with van der Waals surface area (Å²) in [6.45, 7) is 5.68. The molecule has 0 unspecified atom stereocenters. The minimum atomic E-state index is 0.0230. The van der Waals surface area contributed by atoms with E-state index in [1.165, 1.54) is 0 Å². The second-order valence-electron chi connectivity index (χ2n) is 6.06. The van der Waals surface area contributed by atoms with Crippen LogP contribution in [0.3, 0.4) is 0 Å². The number of benzene rings is 1. The molecule has 0 aliphatic heterocycles. The van der Waals surface area contributed by atoms with E-state index in [1.807, 2.05) is 12.1 Å². The molecule has 1 rings (SSSR count). The SMILES string of the molecule is CC/C=C/c1cc(C(C)=O)c(OC)cc1N(C)CCCN(C)C. The van der Waals surface area contributed by atoms with Crippen LogP contribution in [0.15, 0.2) is 18.2 Å². The van der Waals surface area contributed by atoms with Gasteiger partial charge in [0.05, 0.1) is 12.7 Å². The van der Waals surface area contributed by atoms with E-state index in [9.17, 15) is 4.79 Å². The van der Waals surface area contributed by atoms with Gasteiger partial charge < -0.3 is 14.5 Å². The van der Waals surface area contributed by atoms with Crippen LogP contribution in [0.25, 0.3) is 6.08 Å². The highest BCUT2D eigenvalue weighted by molar-refractivity contribution is 5.98. The first-order chi connectivity index (χ1) is 10.9. The lowest BCUT2D eigenvalue weighted by Gasteiger charge is -2.24. The highest BCUT2D eigenvalue weighted by Gasteiger charge is 2.15. The summed E-state index contributed by atoms with van der Waals surface area (Å²) < 4.78 is 5.42. The number of hydrogen-bond acceptors (Lipinski definition) is 4. The summed E-state index contributed by atoms with van der Waals surface area (Å²) in [7, 11) is 7.86. The fourth-order valence-electron chi connectivity index (χ4n) is 2.48. The van der Waals surface area contributed by atoms with Crippen LogP contribution in [0.4, 0.5) is 5.69 Å². The van der Waals surface area contributed by atoms with Gasteiger partial charge in [0.2, 0.25) is 0 Å². The Balaban J connectivity index is 3.16. The molecule has 23 heavy (non-hydrogen) atoms. The van der Waals surface area contributed by atoms with Crippen molar-refractivity contribution in [1.82, 2.24) is 4.90 Å². The van der Waals surface area contributed by atoms with Crippen LogP contribution >= 0.6 is 0 Å². The van der Waals surface area contributed by atoms with Gasteiger partial charge in [-0.3, -0.25) is 4.79 Å². The van der Waals surface area contributed by atoms with E-state index in [4.69, 9.17) is 4.74 Å². The van der Waals surface area contributed by atoms with Gasteiger partial charge in [-0.1, -0.05) is 19.1 Å². The summed E-state index contributed by atoms with van der Waals surface area (Å²) in [6.07, 6.45) is 6.25. The second-order valence-corrected chi connectivity index (χ2v) is 6.06. The Morgan fingerprint density at radius 2 is 1.91 bits per heavy atom. The van der Waals surface area contributed by atoms with Crippen molar-refractivity contribution < 1.29 is 9.53 Å². The van der Waals surface area contributed by atoms with Gasteiger partial charge in [0.15, 0.2) is 5.78 Å². The van der Waals surface area contributed by atoms with Crippen LogP contribution in [0.1, 0.15) is 42.6 Å². The summed E-state index contributed by atoms with van der Waals surface area (Å²) in [5.74, 6) is 0.662. The molecular weight excluding hydrogens is 288 g/mol. The Bertz CT molecular complexity index is 551. The van der Waals surface area contributed by atoms with Crippen molar-refractivity contribution in [3.8, 4) is 5.75 Å². The van der Waals surface area contributed by atoms with Gasteiger partial charge in [-0.2, -0.15) is 0 Å². The van der Waals surface area contributed by atoms with E-state index in [0.29, 0.717) is 11.3 Å². The number of hydrogen-bond donors (Lipinski definition) is 0. The minimum absolute atomic E-state index is 0.0230. The molecule has 0 N–H and O–H groups in total. The zero-order chi connectivity index (χ0) is 17.4. The van der Waals surface area contributed by atoms with Gasteiger partial charge in [0.1, 0.15) is 5.75 Å². The predicted octanol–water partition coefficient (Wildman–Crippen LogP) is 3.71. The molecule has 128 valence electrons. The molecule has 0 radical (unpaired) electrons. The molecule has 0 saturated carbocycles. The van der Waals surface area contributed by atoms with Gasteiger partial charge in [-0.05, 0) is 52.0 Å². The average Bonchev–Trinajstić information content (AvgIpc) is 2.51. The van der Waals surface area contributed by atoms with Crippen molar-refractivity contribution >= 4 is 17.5 Å². The fraction of sp³-hybridized carbons (Fsp3) is 0.526. The number of carbonyl (C=O) groups excluding carboxylic acids is 1. The van der Waals surface area contributed by atoms with Gasteiger partial charge in [-0.15, -0.1) is 0 Å². The zero-order valence-electron chi connectivity index (χ0n) is 15.3. The lowest BCUT2D eigenvalue weighted by molar-refractivity contribution is 0.101. The van der Waals surface area contributed by atoms with E-state index in [2.05, 4.69) is 50.0 Å². The molecule has 0 spiro atoms. The molecule has 0 fully saturated rings. The molecule has 1 aromatic rings. The van der Waals surface area contributed by atoms with Crippen molar-refractivity contribution in [2.24, 2.45) is 0 Å². The quantitative estimate of drug-likeness (QED) is 0.650. The number of Topliss-reactive ketones (excluding diaryl/α,β-unsaturated/α-hetero) is 1. The van der Waals surface area contributed by atoms with Crippen LogP contribution in [0.2, 0.25) is 0 Å². The van der Waals surface area contributed by atoms with Crippen LogP contribution in [-0.4, -0.2) is 52.0 Å². The Morgan fingerprint density at radius 3 is 2.43 bits per heavy atom. The van der Waals surface area contributed by atoms with Crippen molar-refractivity contribution in [3.05, 3.63) is 29.3 Å². The number of ether oxygens (including phenoxy) is 1. The summed E-state index contributed by atoms with van der Waals surface area (Å²) >= 11 is 0. The topological polar surface area (TPSA) is 32.8 Å². The van der Waals surface area contributed by atoms with Gasteiger partial charge in [0.25, 0.3) is 0 Å². The maximum absolute atomic E-state index is 11.9. The van der Waals surface area contributed by atoms with Crippen molar-refractivity contribution in [2.45, 2.75) is 26.7 Å². The Kier molecular flexibility index (Phi) is 7.83. The number of rotatable bonds is 9. The van der Waals surface area contributed by atoms with E-state index >= 15 is 0 Å². The summed E-state index contributed by atoms with van der Waals surface area (Å²) in [4.78, 5) is 16.3. The molecule has 0 atom stereocenters. The predicted molar refractivity (Wildman–Crippen MR) is 98.8 cm³/mol. The maximum Gasteiger partial charge on any atom is 0.163 e. The monoisotopic (exact) mass is 318 g/mol. The normalized spacial score (nSPS) is 11.3. The fourth-order valence-corrected chi connectivity index (χ4v) is 2.48. The van der Waals surface area contributed by atoms with Gasteiger partial charge in [0, 0.05) is 25.3 Å². The molecule has 0 bridgehead atoms. The summed E-state index contributed by atoms with van der Waals surface area (Å²) in [5, 5.41) is 0. The molecular formula is C19H30N2O2. The van der Waals surface area contributed by atoms with Crippen LogP contribution in [-0.2, 0) is 0 Å². The number of nitrogens with zero attached hydrogens (tertiary/aromatic N) is 2. The Hall–Kier alpha value is -1.81. The summed E-state index contributed by atoms with van der Waals surface area (Å²) in [5.41, 5.74) is 2.79. The largest absolute Gasteiger partial charge is 0.496 e. The van der Waals surface area contributed by atoms with Crippen molar-refractivity contribution in [1.29, 1.82) is 0 Å². The molecule has 1 aromatic carbocycles. The van der Waals surface area contributed by atoms with E-state index in [1.54, 1.807) is 14.0 Å². The average molecular weight is 318 g/mol. The van der Waals surface area contributed by atoms with Crippen LogP contribution in [0, 0.1) is 0 Å². The highest BCUT2D eigenvalue weighted by Crippen LogP contribution is 2.31. The third-order valence-corrected chi connectivity index (χ3v) is 3.77. The number of anilines is 1. The number of methoxy groups -OCH3 is 1. The molecule has 0 amide bonds. The number of allylic oxidation sites excluding steroid dienone is 1. The van der Waals surface area contributed by atoms with Gasteiger partial charge in [-0.25, -0.2) is 0 Å². The highest BCUT2D eigenvalue weighted by atomic mass is 16.5. The van der Waals surface area contributed by atoms with Crippen LogP contribution < -0.4 is 9.64 Å². The molecule has 4 nitrogen and oxygen atoms in total. The maximum atomic E-state index is 11.9. The van der Waals surface area contributed by atoms with Crippen molar-refractivity contribution in [3.63, 3.8) is 0 Å². The standard InChI is InChI=1S/C19H30N2O2/c1-7-8-10-16-13-17(15(2)22)19(23-6)14-18(16)21(5)12-9-11-20(3)4/h8,10,13-14H,7,9,11-12H2,1-6H3/b10-8+. The molecule has 4 heteroatoms. The van der Waals surface area contributed by atoms with Gasteiger partial charge >= 0.3 is 0 Å². The van der Waals surface area contributed by atoms with Crippen LogP contribution in [0.5, 0.6) is 5.75 Å². The Labute approximate surface area is 140 Å². The number of ketones is 1.